The lowest BCUT2D eigenvalue weighted by Gasteiger charge is -2.22. The first kappa shape index (κ1) is 29.2. The topological polar surface area (TPSA) is 121 Å². The van der Waals surface area contributed by atoms with E-state index in [0.717, 1.165) is 51.9 Å². The summed E-state index contributed by atoms with van der Waals surface area (Å²) in [6.07, 6.45) is 2.88. The second kappa shape index (κ2) is 12.5. The minimum absolute atomic E-state index is 0.0411. The molecule has 46 heavy (non-hydrogen) atoms. The summed E-state index contributed by atoms with van der Waals surface area (Å²) < 4.78 is 0. The SMILES string of the molecule is Nc1nc2c(s1)CC(NC(=O)c1ccc(C#Cc3cccc(C(O)C(=O)c4ccccc4)c3-c3ccc4cc[nH]c4c3)cc1)CC2. The summed E-state index contributed by atoms with van der Waals surface area (Å²) in [6, 6.07) is 29.5. The molecule has 6 aromatic rings. The molecule has 2 aromatic heterocycles. The van der Waals surface area contributed by atoms with Crippen molar-refractivity contribution in [2.24, 2.45) is 0 Å². The summed E-state index contributed by atoms with van der Waals surface area (Å²) in [5.41, 5.74) is 12.3. The predicted octanol–water partition coefficient (Wildman–Crippen LogP) is 6.48. The molecule has 0 saturated carbocycles. The number of aliphatic hydroxyl groups is 1. The first-order chi connectivity index (χ1) is 22.4. The number of nitrogens with one attached hydrogen (secondary N) is 2. The van der Waals surface area contributed by atoms with Gasteiger partial charge in [0.25, 0.3) is 5.91 Å². The van der Waals surface area contributed by atoms with Gasteiger partial charge in [-0.15, -0.1) is 11.3 Å². The van der Waals surface area contributed by atoms with E-state index >= 15 is 0 Å². The van der Waals surface area contributed by atoms with Gasteiger partial charge in [-0.3, -0.25) is 9.59 Å². The Morgan fingerprint density at radius 1 is 0.957 bits per heavy atom. The number of benzene rings is 4. The molecule has 0 aliphatic heterocycles. The van der Waals surface area contributed by atoms with E-state index in [4.69, 9.17) is 5.73 Å². The smallest absolute Gasteiger partial charge is 0.251 e. The van der Waals surface area contributed by atoms with Crippen LogP contribution in [0.5, 0.6) is 0 Å². The second-order valence-electron chi connectivity index (χ2n) is 11.3. The number of carbonyl (C=O) groups excluding carboxylic acids is 2. The van der Waals surface area contributed by atoms with Gasteiger partial charge in [-0.2, -0.15) is 0 Å². The number of hydrogen-bond acceptors (Lipinski definition) is 6. The molecule has 0 radical (unpaired) electrons. The van der Waals surface area contributed by atoms with E-state index in [1.54, 1.807) is 48.5 Å². The third-order valence-corrected chi connectivity index (χ3v) is 9.27. The van der Waals surface area contributed by atoms with E-state index in [9.17, 15) is 14.7 Å². The number of ketones is 1. The summed E-state index contributed by atoms with van der Waals surface area (Å²) in [4.78, 5) is 35.1. The Kier molecular flexibility index (Phi) is 7.93. The molecule has 0 fully saturated rings. The van der Waals surface area contributed by atoms with Crippen molar-refractivity contribution in [1.82, 2.24) is 15.3 Å². The molecule has 1 aliphatic carbocycles. The van der Waals surface area contributed by atoms with E-state index in [1.165, 1.54) is 11.3 Å². The molecule has 0 spiro atoms. The number of aliphatic hydroxyl groups excluding tert-OH is 1. The number of hydrogen-bond donors (Lipinski definition) is 4. The monoisotopic (exact) mass is 622 g/mol. The van der Waals surface area contributed by atoms with Crippen LogP contribution in [-0.2, 0) is 12.8 Å². The van der Waals surface area contributed by atoms with Gasteiger partial charge in [-0.05, 0) is 71.8 Å². The van der Waals surface area contributed by atoms with E-state index in [0.29, 0.717) is 32.9 Å². The third kappa shape index (κ3) is 5.94. The van der Waals surface area contributed by atoms with Gasteiger partial charge in [-0.1, -0.05) is 66.4 Å². The molecule has 2 unspecified atom stereocenters. The van der Waals surface area contributed by atoms with E-state index in [-0.39, 0.29) is 17.7 Å². The number of amides is 1. The van der Waals surface area contributed by atoms with Crippen molar-refractivity contribution >= 4 is 39.1 Å². The minimum atomic E-state index is -1.37. The van der Waals surface area contributed by atoms with Gasteiger partial charge < -0.3 is 21.1 Å². The Balaban J connectivity index is 1.16. The van der Waals surface area contributed by atoms with Crippen molar-refractivity contribution in [2.75, 3.05) is 5.73 Å². The number of nitrogens with two attached hydrogens (primary N) is 1. The molecular formula is C38H30N4O3S. The average molecular weight is 623 g/mol. The maximum Gasteiger partial charge on any atom is 0.251 e. The summed E-state index contributed by atoms with van der Waals surface area (Å²) in [5, 5.41) is 16.1. The molecule has 1 amide bonds. The normalized spacial score (nSPS) is 14.6. The molecule has 7 rings (SSSR count). The fourth-order valence-electron chi connectivity index (χ4n) is 5.96. The molecule has 2 heterocycles. The van der Waals surface area contributed by atoms with Crippen LogP contribution in [0.4, 0.5) is 5.13 Å². The van der Waals surface area contributed by atoms with Crippen LogP contribution in [0.15, 0.2) is 103 Å². The van der Waals surface area contributed by atoms with Crippen molar-refractivity contribution in [3.05, 3.63) is 142 Å². The summed E-state index contributed by atoms with van der Waals surface area (Å²) in [6.45, 7) is 0. The number of aromatic nitrogens is 2. The Bertz CT molecular complexity index is 2140. The highest BCUT2D eigenvalue weighted by Crippen LogP contribution is 2.35. The van der Waals surface area contributed by atoms with Gasteiger partial charge in [0.2, 0.25) is 0 Å². The zero-order valence-electron chi connectivity index (χ0n) is 24.8. The number of nitrogen functional groups attached to an aromatic ring is 1. The number of rotatable bonds is 6. The molecule has 4 aromatic carbocycles. The summed E-state index contributed by atoms with van der Waals surface area (Å²) >= 11 is 1.49. The predicted molar refractivity (Wildman–Crippen MR) is 182 cm³/mol. The number of thiazole rings is 1. The standard InChI is InChI=1S/C38H30N4O3S/c39-38-42-31-18-17-29(22-33(31)46-38)41-37(45)27-13-10-23(11-14-27)9-12-25-7-4-8-30(36(44)35(43)26-5-2-1-3-6-26)34(25)28-16-15-24-19-20-40-32(24)21-28/h1-8,10-11,13-16,19-21,29,36,40,44H,17-18,22H2,(H2,39,42)(H,41,45). The van der Waals surface area contributed by atoms with E-state index < -0.39 is 6.10 Å². The number of carbonyl (C=O) groups is 2. The zero-order chi connectivity index (χ0) is 31.6. The van der Waals surface area contributed by atoms with Crippen LogP contribution in [0.25, 0.3) is 22.0 Å². The third-order valence-electron chi connectivity index (χ3n) is 8.32. The highest BCUT2D eigenvalue weighted by molar-refractivity contribution is 7.15. The number of nitrogens with zero attached hydrogens (tertiary/aromatic N) is 1. The van der Waals surface area contributed by atoms with Crippen molar-refractivity contribution in [1.29, 1.82) is 0 Å². The van der Waals surface area contributed by atoms with Gasteiger partial charge in [0.05, 0.1) is 5.69 Å². The molecule has 1 aliphatic rings. The first-order valence-corrected chi connectivity index (χ1v) is 15.9. The summed E-state index contributed by atoms with van der Waals surface area (Å²) in [5.74, 6) is 5.98. The number of Topliss-reactive ketones (excluding diaryl/α,β-unsaturated/α-hetero) is 1. The minimum Gasteiger partial charge on any atom is -0.380 e. The second-order valence-corrected chi connectivity index (χ2v) is 12.5. The van der Waals surface area contributed by atoms with Crippen LogP contribution < -0.4 is 11.1 Å². The van der Waals surface area contributed by atoms with Crippen molar-refractivity contribution in [3.63, 3.8) is 0 Å². The Labute approximate surface area is 270 Å². The largest absolute Gasteiger partial charge is 0.380 e. The van der Waals surface area contributed by atoms with Gasteiger partial charge in [0.15, 0.2) is 10.9 Å². The molecule has 2 atom stereocenters. The number of fused-ring (bicyclic) bond motifs is 2. The number of anilines is 1. The zero-order valence-corrected chi connectivity index (χ0v) is 25.6. The lowest BCUT2D eigenvalue weighted by Crippen LogP contribution is -2.38. The molecular weight excluding hydrogens is 593 g/mol. The van der Waals surface area contributed by atoms with Crippen molar-refractivity contribution in [2.45, 2.75) is 31.4 Å². The number of H-pyrrole nitrogens is 1. The lowest BCUT2D eigenvalue weighted by molar-refractivity contribution is 0.0748. The van der Waals surface area contributed by atoms with E-state index in [2.05, 4.69) is 27.1 Å². The number of aryl methyl sites for hydroxylation is 1. The van der Waals surface area contributed by atoms with Gasteiger partial charge in [0.1, 0.15) is 6.10 Å². The molecule has 7 nitrogen and oxygen atoms in total. The molecule has 8 heteroatoms. The Morgan fingerprint density at radius 3 is 2.61 bits per heavy atom. The van der Waals surface area contributed by atoms with Crippen LogP contribution in [0.3, 0.4) is 0 Å². The lowest BCUT2D eigenvalue weighted by atomic mass is 9.88. The molecule has 0 bridgehead atoms. The number of aromatic amines is 1. The fourth-order valence-corrected chi connectivity index (χ4v) is 6.92. The average Bonchev–Trinajstić information content (AvgIpc) is 3.72. The highest BCUT2D eigenvalue weighted by atomic mass is 32.1. The van der Waals surface area contributed by atoms with Crippen LogP contribution >= 0.6 is 11.3 Å². The van der Waals surface area contributed by atoms with Crippen LogP contribution in [0.1, 0.15) is 60.5 Å². The molecule has 5 N–H and O–H groups in total. The van der Waals surface area contributed by atoms with E-state index in [1.807, 2.05) is 54.7 Å². The molecule has 226 valence electrons. The van der Waals surface area contributed by atoms with Crippen molar-refractivity contribution in [3.8, 4) is 23.0 Å². The van der Waals surface area contributed by atoms with Gasteiger partial charge >= 0.3 is 0 Å². The highest BCUT2D eigenvalue weighted by Gasteiger charge is 2.25. The van der Waals surface area contributed by atoms with Crippen LogP contribution in [0, 0.1) is 11.8 Å². The van der Waals surface area contributed by atoms with Crippen LogP contribution in [0.2, 0.25) is 0 Å². The van der Waals surface area contributed by atoms with Gasteiger partial charge in [0, 0.05) is 56.9 Å². The molecule has 0 saturated heterocycles. The van der Waals surface area contributed by atoms with Crippen molar-refractivity contribution < 1.29 is 14.7 Å². The quantitative estimate of drug-likeness (QED) is 0.125. The maximum absolute atomic E-state index is 13.3. The van der Waals surface area contributed by atoms with Gasteiger partial charge in [-0.25, -0.2) is 4.98 Å². The maximum atomic E-state index is 13.3. The first-order valence-electron chi connectivity index (χ1n) is 15.1. The fraction of sp³-hybridized carbons (Fsp3) is 0.132. The Morgan fingerprint density at radius 2 is 1.78 bits per heavy atom. The summed E-state index contributed by atoms with van der Waals surface area (Å²) in [7, 11) is 0. The van der Waals surface area contributed by atoms with Crippen LogP contribution in [-0.4, -0.2) is 32.8 Å². The Hall–Kier alpha value is -5.49.